The van der Waals surface area contributed by atoms with Crippen LogP contribution in [0.4, 0.5) is 5.69 Å². The number of amides is 1. The van der Waals surface area contributed by atoms with Crippen molar-refractivity contribution < 1.29 is 19.2 Å². The van der Waals surface area contributed by atoms with Gasteiger partial charge in [-0.15, -0.1) is 0 Å². The Bertz CT molecular complexity index is 1300. The van der Waals surface area contributed by atoms with E-state index in [-0.39, 0.29) is 23.7 Å². The second-order valence-electron chi connectivity index (χ2n) is 7.01. The molecule has 32 heavy (non-hydrogen) atoms. The first kappa shape index (κ1) is 20.7. The maximum absolute atomic E-state index is 12.7. The third-order valence-corrected chi connectivity index (χ3v) is 4.98. The third-order valence-electron chi connectivity index (χ3n) is 4.98. The monoisotopic (exact) mass is 426 g/mol. The number of benzene rings is 4. The number of ether oxygens (including phenoxy) is 1. The normalized spacial score (nSPS) is 10.5. The maximum atomic E-state index is 12.7. The van der Waals surface area contributed by atoms with Crippen molar-refractivity contribution in [2.45, 2.75) is 6.54 Å². The van der Waals surface area contributed by atoms with E-state index in [1.54, 1.807) is 30.3 Å². The van der Waals surface area contributed by atoms with Crippen LogP contribution in [0.15, 0.2) is 91.0 Å². The molecular weight excluding hydrogens is 408 g/mol. The highest BCUT2D eigenvalue weighted by atomic mass is 16.6. The summed E-state index contributed by atoms with van der Waals surface area (Å²) in [7, 11) is 0. The summed E-state index contributed by atoms with van der Waals surface area (Å²) in [6.45, 7) is 0.151. The number of fused-ring (bicyclic) bond motifs is 1. The molecule has 0 saturated carbocycles. The van der Waals surface area contributed by atoms with Crippen LogP contribution in [0.3, 0.4) is 0 Å². The minimum absolute atomic E-state index is 0.114. The Labute approximate surface area is 183 Å². The number of carbonyl (C=O) groups excluding carboxylic acids is 2. The summed E-state index contributed by atoms with van der Waals surface area (Å²) in [6, 6.07) is 25.1. The minimum atomic E-state index is -0.647. The van der Waals surface area contributed by atoms with Crippen LogP contribution in [0.25, 0.3) is 10.8 Å². The predicted octanol–water partition coefficient (Wildman–Crippen LogP) is 4.90. The van der Waals surface area contributed by atoms with E-state index in [1.165, 1.54) is 24.3 Å². The van der Waals surface area contributed by atoms with Crippen LogP contribution in [0.1, 0.15) is 26.3 Å². The van der Waals surface area contributed by atoms with Gasteiger partial charge in [-0.05, 0) is 41.1 Å². The van der Waals surface area contributed by atoms with E-state index in [1.807, 2.05) is 36.4 Å². The number of carbonyl (C=O) groups is 2. The largest absolute Gasteiger partial charge is 0.423 e. The fraction of sp³-hybridized carbons (Fsp3) is 0.0400. The number of nitrogens with one attached hydrogen (secondary N) is 1. The molecule has 0 aliphatic heterocycles. The molecule has 0 fully saturated rings. The fourth-order valence-corrected chi connectivity index (χ4v) is 3.33. The molecule has 4 rings (SSSR count). The Balaban J connectivity index is 1.61. The van der Waals surface area contributed by atoms with Gasteiger partial charge >= 0.3 is 5.97 Å². The SMILES string of the molecule is O=C(NCc1c(OC(=O)c2ccc([N+](=O)[O-])cc2)ccc2ccccc12)c1ccccc1. The summed E-state index contributed by atoms with van der Waals surface area (Å²) < 4.78 is 5.62. The first-order valence-electron chi connectivity index (χ1n) is 9.83. The Morgan fingerprint density at radius 1 is 0.812 bits per heavy atom. The van der Waals surface area contributed by atoms with Gasteiger partial charge in [-0.25, -0.2) is 4.79 Å². The zero-order valence-electron chi connectivity index (χ0n) is 16.9. The van der Waals surface area contributed by atoms with Gasteiger partial charge < -0.3 is 10.1 Å². The van der Waals surface area contributed by atoms with Gasteiger partial charge in [0.15, 0.2) is 0 Å². The molecule has 7 heteroatoms. The second kappa shape index (κ2) is 9.09. The lowest BCUT2D eigenvalue weighted by Gasteiger charge is -2.14. The average Bonchev–Trinajstić information content (AvgIpc) is 2.83. The van der Waals surface area contributed by atoms with Crippen molar-refractivity contribution in [3.8, 4) is 5.75 Å². The minimum Gasteiger partial charge on any atom is -0.423 e. The van der Waals surface area contributed by atoms with Gasteiger partial charge in [-0.1, -0.05) is 48.5 Å². The average molecular weight is 426 g/mol. The number of hydrogen-bond donors (Lipinski definition) is 1. The van der Waals surface area contributed by atoms with Gasteiger partial charge in [0.25, 0.3) is 11.6 Å². The topological polar surface area (TPSA) is 98.5 Å². The van der Waals surface area contributed by atoms with Crippen molar-refractivity contribution in [3.63, 3.8) is 0 Å². The Kier molecular flexibility index (Phi) is 5.89. The number of nitrogens with zero attached hydrogens (tertiary/aromatic N) is 1. The van der Waals surface area contributed by atoms with Crippen molar-refractivity contribution >= 4 is 28.3 Å². The number of non-ortho nitro benzene ring substituents is 1. The Morgan fingerprint density at radius 3 is 2.22 bits per heavy atom. The van der Waals surface area contributed by atoms with Gasteiger partial charge in [0.1, 0.15) is 5.75 Å². The van der Waals surface area contributed by atoms with E-state index in [0.29, 0.717) is 16.9 Å². The van der Waals surface area contributed by atoms with Crippen LogP contribution >= 0.6 is 0 Å². The van der Waals surface area contributed by atoms with Gasteiger partial charge in [0.05, 0.1) is 10.5 Å². The van der Waals surface area contributed by atoms with Crippen LogP contribution in [-0.4, -0.2) is 16.8 Å². The highest BCUT2D eigenvalue weighted by Crippen LogP contribution is 2.29. The molecule has 0 radical (unpaired) electrons. The number of nitro benzene ring substituents is 1. The van der Waals surface area contributed by atoms with E-state index in [9.17, 15) is 19.7 Å². The quantitative estimate of drug-likeness (QED) is 0.205. The molecule has 7 nitrogen and oxygen atoms in total. The molecule has 0 heterocycles. The molecule has 4 aromatic carbocycles. The first-order chi connectivity index (χ1) is 15.5. The van der Waals surface area contributed by atoms with Crippen molar-refractivity contribution in [2.24, 2.45) is 0 Å². The summed E-state index contributed by atoms with van der Waals surface area (Å²) in [6.07, 6.45) is 0. The second-order valence-corrected chi connectivity index (χ2v) is 7.01. The third kappa shape index (κ3) is 4.46. The molecule has 4 aromatic rings. The van der Waals surface area contributed by atoms with Gasteiger partial charge in [0.2, 0.25) is 0 Å². The molecule has 1 amide bonds. The van der Waals surface area contributed by atoms with Crippen molar-refractivity contribution in [3.05, 3.63) is 118 Å². The lowest BCUT2D eigenvalue weighted by molar-refractivity contribution is -0.384. The predicted molar refractivity (Wildman–Crippen MR) is 120 cm³/mol. The summed E-state index contributed by atoms with van der Waals surface area (Å²) in [5.74, 6) is -0.586. The summed E-state index contributed by atoms with van der Waals surface area (Å²) in [4.78, 5) is 35.5. The van der Waals surface area contributed by atoms with E-state index < -0.39 is 10.9 Å². The van der Waals surface area contributed by atoms with Gasteiger partial charge in [-0.2, -0.15) is 0 Å². The lowest BCUT2D eigenvalue weighted by Crippen LogP contribution is -2.23. The highest BCUT2D eigenvalue weighted by Gasteiger charge is 2.16. The summed E-state index contributed by atoms with van der Waals surface area (Å²) >= 11 is 0. The number of hydrogen-bond acceptors (Lipinski definition) is 5. The molecule has 0 atom stereocenters. The standard InChI is InChI=1S/C25H18N2O5/c28-24(18-7-2-1-3-8-18)26-16-22-21-9-5-4-6-17(21)12-15-23(22)32-25(29)19-10-13-20(14-11-19)27(30)31/h1-15H,16H2,(H,26,28). The van der Waals surface area contributed by atoms with Crippen LogP contribution in [0.2, 0.25) is 0 Å². The van der Waals surface area contributed by atoms with Gasteiger partial charge in [0, 0.05) is 29.8 Å². The number of nitro groups is 1. The van der Waals surface area contributed by atoms with Crippen LogP contribution in [0.5, 0.6) is 5.75 Å². The molecular formula is C25H18N2O5. The molecule has 0 aliphatic carbocycles. The maximum Gasteiger partial charge on any atom is 0.343 e. The van der Waals surface area contributed by atoms with Crippen LogP contribution < -0.4 is 10.1 Å². The zero-order chi connectivity index (χ0) is 22.5. The van der Waals surface area contributed by atoms with Crippen LogP contribution in [0, 0.1) is 10.1 Å². The number of rotatable bonds is 6. The molecule has 0 spiro atoms. The van der Waals surface area contributed by atoms with E-state index >= 15 is 0 Å². The Hall–Kier alpha value is -4.52. The molecule has 0 saturated heterocycles. The first-order valence-corrected chi connectivity index (χ1v) is 9.83. The van der Waals surface area contributed by atoms with E-state index in [0.717, 1.165) is 10.8 Å². The lowest BCUT2D eigenvalue weighted by atomic mass is 10.0. The van der Waals surface area contributed by atoms with E-state index in [4.69, 9.17) is 4.74 Å². The van der Waals surface area contributed by atoms with Gasteiger partial charge in [-0.3, -0.25) is 14.9 Å². The summed E-state index contributed by atoms with van der Waals surface area (Å²) in [5.41, 5.74) is 1.25. The molecule has 0 bridgehead atoms. The molecule has 0 aliphatic rings. The zero-order valence-corrected chi connectivity index (χ0v) is 16.9. The molecule has 0 unspecified atom stereocenters. The molecule has 0 aromatic heterocycles. The van der Waals surface area contributed by atoms with Crippen LogP contribution in [-0.2, 0) is 6.54 Å². The highest BCUT2D eigenvalue weighted by molar-refractivity contribution is 5.96. The van der Waals surface area contributed by atoms with Crippen molar-refractivity contribution in [1.29, 1.82) is 0 Å². The molecule has 158 valence electrons. The summed E-state index contributed by atoms with van der Waals surface area (Å²) in [5, 5.41) is 15.5. The van der Waals surface area contributed by atoms with Crippen molar-refractivity contribution in [2.75, 3.05) is 0 Å². The van der Waals surface area contributed by atoms with E-state index in [2.05, 4.69) is 5.32 Å². The Morgan fingerprint density at radius 2 is 1.50 bits per heavy atom. The smallest absolute Gasteiger partial charge is 0.343 e. The fourth-order valence-electron chi connectivity index (χ4n) is 3.33. The molecule has 1 N–H and O–H groups in total. The van der Waals surface area contributed by atoms with Crippen molar-refractivity contribution in [1.82, 2.24) is 5.32 Å². The number of esters is 1.